The summed E-state index contributed by atoms with van der Waals surface area (Å²) in [6.07, 6.45) is 2.68. The van der Waals surface area contributed by atoms with Gasteiger partial charge in [-0.25, -0.2) is 0 Å². The van der Waals surface area contributed by atoms with Gasteiger partial charge in [-0.05, 0) is 44.6 Å². The van der Waals surface area contributed by atoms with Gasteiger partial charge in [-0.2, -0.15) is 0 Å². The number of amides is 1. The van der Waals surface area contributed by atoms with Gasteiger partial charge in [0, 0.05) is 24.9 Å². The second-order valence-electron chi connectivity index (χ2n) is 6.42. The van der Waals surface area contributed by atoms with E-state index in [-0.39, 0.29) is 24.2 Å². The molecule has 3 N–H and O–H groups in total. The van der Waals surface area contributed by atoms with E-state index in [1.807, 2.05) is 0 Å². The molecule has 1 amide bonds. The van der Waals surface area contributed by atoms with Crippen LogP contribution in [0, 0.1) is 17.8 Å². The second kappa shape index (κ2) is 8.25. The van der Waals surface area contributed by atoms with E-state index < -0.39 is 5.97 Å². The maximum absolute atomic E-state index is 12.1. The van der Waals surface area contributed by atoms with E-state index >= 15 is 0 Å². The van der Waals surface area contributed by atoms with Gasteiger partial charge < -0.3 is 15.7 Å². The number of rotatable bonds is 7. The third kappa shape index (κ3) is 6.37. The fourth-order valence-electron chi connectivity index (χ4n) is 2.91. The monoisotopic (exact) mass is 284 g/mol. The summed E-state index contributed by atoms with van der Waals surface area (Å²) in [6, 6.07) is 0.380. The quantitative estimate of drug-likeness (QED) is 0.664. The Balaban J connectivity index is 2.40. The van der Waals surface area contributed by atoms with Crippen LogP contribution in [0.25, 0.3) is 0 Å². The molecule has 20 heavy (non-hydrogen) atoms. The smallest absolute Gasteiger partial charge is 0.303 e. The highest BCUT2D eigenvalue weighted by molar-refractivity contribution is 5.78. The molecule has 1 heterocycles. The van der Waals surface area contributed by atoms with E-state index in [0.29, 0.717) is 18.5 Å². The molecule has 0 bridgehead atoms. The zero-order chi connectivity index (χ0) is 15.1. The van der Waals surface area contributed by atoms with E-state index in [1.165, 1.54) is 0 Å². The van der Waals surface area contributed by atoms with Crippen molar-refractivity contribution in [3.63, 3.8) is 0 Å². The van der Waals surface area contributed by atoms with E-state index in [2.05, 4.69) is 31.4 Å². The average molecular weight is 284 g/mol. The lowest BCUT2D eigenvalue weighted by molar-refractivity contribution is -0.138. The van der Waals surface area contributed by atoms with Gasteiger partial charge in [0.1, 0.15) is 0 Å². The molecule has 5 heteroatoms. The van der Waals surface area contributed by atoms with Crippen LogP contribution in [0.1, 0.15) is 46.5 Å². The lowest BCUT2D eigenvalue weighted by atomic mass is 9.91. The summed E-state index contributed by atoms with van der Waals surface area (Å²) in [5, 5.41) is 15.2. The van der Waals surface area contributed by atoms with Crippen molar-refractivity contribution in [2.75, 3.05) is 13.1 Å². The lowest BCUT2D eigenvalue weighted by Gasteiger charge is -2.28. The highest BCUT2D eigenvalue weighted by Gasteiger charge is 2.25. The summed E-state index contributed by atoms with van der Waals surface area (Å²) < 4.78 is 0. The molecule has 0 saturated carbocycles. The molecule has 1 fully saturated rings. The topological polar surface area (TPSA) is 78.4 Å². The number of aliphatic carboxylic acids is 1. The maximum atomic E-state index is 12.1. The fraction of sp³-hybridized carbons (Fsp3) is 0.867. The molecule has 1 aliphatic heterocycles. The third-order valence-electron chi connectivity index (χ3n) is 3.83. The average Bonchev–Trinajstić information content (AvgIpc) is 2.34. The highest BCUT2D eigenvalue weighted by atomic mass is 16.4. The van der Waals surface area contributed by atoms with Gasteiger partial charge in [-0.15, -0.1) is 0 Å². The molecule has 5 nitrogen and oxygen atoms in total. The number of piperidine rings is 1. The van der Waals surface area contributed by atoms with Crippen LogP contribution in [0.4, 0.5) is 0 Å². The van der Waals surface area contributed by atoms with Gasteiger partial charge in [0.15, 0.2) is 0 Å². The Morgan fingerprint density at radius 1 is 1.40 bits per heavy atom. The molecular formula is C15H28N2O3. The third-order valence-corrected chi connectivity index (χ3v) is 3.83. The number of hydrogen-bond donors (Lipinski definition) is 3. The van der Waals surface area contributed by atoms with Crippen LogP contribution in [-0.2, 0) is 9.59 Å². The van der Waals surface area contributed by atoms with Crippen molar-refractivity contribution in [3.05, 3.63) is 0 Å². The molecule has 3 unspecified atom stereocenters. The van der Waals surface area contributed by atoms with Crippen LogP contribution in [0.3, 0.4) is 0 Å². The lowest BCUT2D eigenvalue weighted by Crippen LogP contribution is -2.43. The first-order valence-electron chi connectivity index (χ1n) is 7.61. The first-order valence-corrected chi connectivity index (χ1v) is 7.61. The van der Waals surface area contributed by atoms with Crippen molar-refractivity contribution in [3.8, 4) is 0 Å². The summed E-state index contributed by atoms with van der Waals surface area (Å²) in [5.74, 6) is -0.181. The van der Waals surface area contributed by atoms with Crippen molar-refractivity contribution in [2.45, 2.75) is 52.5 Å². The molecule has 3 atom stereocenters. The van der Waals surface area contributed by atoms with Crippen molar-refractivity contribution in [2.24, 2.45) is 17.8 Å². The van der Waals surface area contributed by atoms with Crippen LogP contribution in [0.5, 0.6) is 0 Å². The second-order valence-corrected chi connectivity index (χ2v) is 6.42. The SMILES string of the molecule is CC(C)CC(CNC(=O)C1CCNC(C)C1)CC(=O)O. The zero-order valence-corrected chi connectivity index (χ0v) is 12.8. The van der Waals surface area contributed by atoms with Gasteiger partial charge in [0.2, 0.25) is 5.91 Å². The normalized spacial score (nSPS) is 24.4. The number of carboxylic acid groups (broad SMARTS) is 1. The summed E-state index contributed by atoms with van der Waals surface area (Å²) in [6.45, 7) is 7.59. The van der Waals surface area contributed by atoms with E-state index in [1.54, 1.807) is 0 Å². The summed E-state index contributed by atoms with van der Waals surface area (Å²) in [7, 11) is 0. The Morgan fingerprint density at radius 2 is 2.10 bits per heavy atom. The van der Waals surface area contributed by atoms with Crippen molar-refractivity contribution < 1.29 is 14.7 Å². The summed E-state index contributed by atoms with van der Waals surface area (Å²) >= 11 is 0. The molecular weight excluding hydrogens is 256 g/mol. The minimum absolute atomic E-state index is 0.0237. The summed E-state index contributed by atoms with van der Waals surface area (Å²) in [4.78, 5) is 23.0. The standard InChI is InChI=1S/C15H28N2O3/c1-10(2)6-12(8-14(18)19)9-17-15(20)13-4-5-16-11(3)7-13/h10-13,16H,4-9H2,1-3H3,(H,17,20)(H,18,19). The first kappa shape index (κ1) is 17.0. The molecule has 0 spiro atoms. The van der Waals surface area contributed by atoms with Crippen LogP contribution in [-0.4, -0.2) is 36.1 Å². The van der Waals surface area contributed by atoms with Crippen LogP contribution in [0.15, 0.2) is 0 Å². The predicted molar refractivity (Wildman–Crippen MR) is 78.4 cm³/mol. The van der Waals surface area contributed by atoms with Gasteiger partial charge >= 0.3 is 5.97 Å². The molecule has 1 saturated heterocycles. The van der Waals surface area contributed by atoms with Gasteiger partial charge in [0.05, 0.1) is 0 Å². The van der Waals surface area contributed by atoms with Crippen molar-refractivity contribution in [1.82, 2.24) is 10.6 Å². The molecule has 0 aromatic heterocycles. The van der Waals surface area contributed by atoms with Crippen molar-refractivity contribution in [1.29, 1.82) is 0 Å². The molecule has 0 aliphatic carbocycles. The Kier molecular flexibility index (Phi) is 6.99. The summed E-state index contributed by atoms with van der Waals surface area (Å²) in [5.41, 5.74) is 0. The van der Waals surface area contributed by atoms with Crippen molar-refractivity contribution >= 4 is 11.9 Å². The molecule has 0 aromatic rings. The molecule has 1 aliphatic rings. The maximum Gasteiger partial charge on any atom is 0.303 e. The zero-order valence-electron chi connectivity index (χ0n) is 12.8. The molecule has 116 valence electrons. The molecule has 1 rings (SSSR count). The number of carbonyl (C=O) groups excluding carboxylic acids is 1. The Morgan fingerprint density at radius 3 is 2.65 bits per heavy atom. The predicted octanol–water partition coefficient (Wildman–Crippen LogP) is 1.63. The number of hydrogen-bond acceptors (Lipinski definition) is 3. The Hall–Kier alpha value is -1.10. The Labute approximate surface area is 121 Å². The number of carbonyl (C=O) groups is 2. The molecule has 0 radical (unpaired) electrons. The van der Waals surface area contributed by atoms with Gasteiger partial charge in [0.25, 0.3) is 0 Å². The highest BCUT2D eigenvalue weighted by Crippen LogP contribution is 2.18. The van der Waals surface area contributed by atoms with E-state index in [0.717, 1.165) is 25.8 Å². The van der Waals surface area contributed by atoms with Crippen LogP contribution < -0.4 is 10.6 Å². The van der Waals surface area contributed by atoms with Gasteiger partial charge in [-0.1, -0.05) is 13.8 Å². The van der Waals surface area contributed by atoms with E-state index in [4.69, 9.17) is 5.11 Å². The van der Waals surface area contributed by atoms with Gasteiger partial charge in [-0.3, -0.25) is 9.59 Å². The minimum Gasteiger partial charge on any atom is -0.481 e. The molecule has 0 aromatic carbocycles. The largest absolute Gasteiger partial charge is 0.481 e. The van der Waals surface area contributed by atoms with Crippen LogP contribution in [0.2, 0.25) is 0 Å². The van der Waals surface area contributed by atoms with Crippen LogP contribution >= 0.6 is 0 Å². The number of carboxylic acids is 1. The Bertz CT molecular complexity index is 331. The first-order chi connectivity index (χ1) is 9.38. The van der Waals surface area contributed by atoms with E-state index in [9.17, 15) is 9.59 Å². The number of nitrogens with one attached hydrogen (secondary N) is 2. The fourth-order valence-corrected chi connectivity index (χ4v) is 2.91. The minimum atomic E-state index is -0.791.